The molecule has 12 saturated carbocycles. The molecule has 0 heterocycles. The largest absolute Gasteiger partial charge is 0.743 e. The normalized spacial score (nSPS) is 40.5. The third-order valence-electron chi connectivity index (χ3n) is 16.8. The first-order valence-electron chi connectivity index (χ1n) is 22.2. The zero-order chi connectivity index (χ0) is 42.5. The van der Waals surface area contributed by atoms with Gasteiger partial charge in [0.25, 0.3) is 0 Å². The minimum atomic E-state index is -6.75. The molecule has 0 spiro atoms. The molecular formula is C43H57F4O12S-. The topological polar surface area (TPSA) is 172 Å². The minimum Gasteiger partial charge on any atom is -0.743 e. The Morgan fingerprint density at radius 1 is 0.483 bits per heavy atom. The molecule has 12 nitrogen and oxygen atoms in total. The van der Waals surface area contributed by atoms with Crippen molar-refractivity contribution in [2.45, 2.75) is 133 Å². The molecule has 0 aromatic rings. The maximum absolute atomic E-state index is 14.2. The molecule has 0 aromatic heterocycles. The summed E-state index contributed by atoms with van der Waals surface area (Å²) >= 11 is 0. The molecule has 12 rings (SSSR count). The first-order chi connectivity index (χ1) is 28.2. The molecule has 60 heavy (non-hydrogen) atoms. The maximum Gasteiger partial charge on any atom is 0.508 e. The number of alkyl halides is 4. The second-order valence-electron chi connectivity index (χ2n) is 21.6. The van der Waals surface area contributed by atoms with E-state index in [0.717, 1.165) is 57.8 Å². The lowest BCUT2D eigenvalue weighted by Gasteiger charge is -2.55. The number of hydrogen-bond acceptors (Lipinski definition) is 12. The molecule has 12 aliphatic rings. The number of carbonyl (C=O) groups is 4. The lowest BCUT2D eigenvalue weighted by molar-refractivity contribution is -0.192. The molecule has 0 atom stereocenters. The Balaban J connectivity index is 0.949. The van der Waals surface area contributed by atoms with Crippen molar-refractivity contribution < 1.29 is 73.4 Å². The van der Waals surface area contributed by atoms with Gasteiger partial charge in [-0.1, -0.05) is 0 Å². The molecule has 336 valence electrons. The number of halogens is 4. The number of esters is 3. The van der Waals surface area contributed by atoms with Crippen molar-refractivity contribution in [3.8, 4) is 0 Å². The van der Waals surface area contributed by atoms with Crippen LogP contribution in [-0.4, -0.2) is 81.2 Å². The highest BCUT2D eigenvalue weighted by Gasteiger charge is 2.62. The Hall–Kier alpha value is -2.69. The van der Waals surface area contributed by atoms with E-state index in [0.29, 0.717) is 111 Å². The molecule has 0 saturated heterocycles. The van der Waals surface area contributed by atoms with Crippen LogP contribution in [-0.2, 0) is 48.2 Å². The van der Waals surface area contributed by atoms with Gasteiger partial charge in [-0.15, -0.1) is 0 Å². The molecule has 12 bridgehead atoms. The van der Waals surface area contributed by atoms with Crippen molar-refractivity contribution in [2.24, 2.45) is 74.9 Å². The summed E-state index contributed by atoms with van der Waals surface area (Å²) in [6.45, 7) is -3.67. The van der Waals surface area contributed by atoms with Gasteiger partial charge in [0.1, 0.15) is 38.4 Å². The first kappa shape index (κ1) is 42.6. The number of hydrogen-bond donors (Lipinski definition) is 0. The zero-order valence-electron chi connectivity index (χ0n) is 34.0. The summed E-state index contributed by atoms with van der Waals surface area (Å²) < 4.78 is 117. The van der Waals surface area contributed by atoms with Gasteiger partial charge in [0.15, 0.2) is 10.1 Å². The van der Waals surface area contributed by atoms with Crippen LogP contribution in [0.15, 0.2) is 0 Å². The Labute approximate surface area is 348 Å². The highest BCUT2D eigenvalue weighted by atomic mass is 32.2. The van der Waals surface area contributed by atoms with Crippen LogP contribution in [0.1, 0.15) is 122 Å². The monoisotopic (exact) mass is 873 g/mol. The number of rotatable bonds is 16. The SMILES string of the molecule is O=C(OCCC(F)(F)C(F)(F)S(=O)(=O)[O-])OCC(COC(=O)C12CC3CC(CC(C3)C1)C2)(COC(=O)C12CC3CC(CC(C3)C1)C2)COC(=O)C12CC3CC(CC(C3)C1)C2. The van der Waals surface area contributed by atoms with Gasteiger partial charge in [-0.05, 0) is 169 Å². The summed E-state index contributed by atoms with van der Waals surface area (Å²) in [4.78, 5) is 55.7. The predicted molar refractivity (Wildman–Crippen MR) is 199 cm³/mol. The van der Waals surface area contributed by atoms with Crippen molar-refractivity contribution in [2.75, 3.05) is 33.0 Å². The van der Waals surface area contributed by atoms with E-state index in [9.17, 15) is 49.7 Å². The molecule has 0 N–H and O–H groups in total. The fourth-order valence-corrected chi connectivity index (χ4v) is 15.8. The summed E-state index contributed by atoms with van der Waals surface area (Å²) in [6, 6.07) is 0. The quantitative estimate of drug-likeness (QED) is 0.0646. The summed E-state index contributed by atoms with van der Waals surface area (Å²) in [6.07, 6.45) is 12.2. The van der Waals surface area contributed by atoms with Gasteiger partial charge in [-0.3, -0.25) is 14.4 Å². The maximum atomic E-state index is 14.2. The first-order valence-corrected chi connectivity index (χ1v) is 23.6. The van der Waals surface area contributed by atoms with E-state index in [-0.39, 0.29) is 0 Å². The third-order valence-corrected chi connectivity index (χ3v) is 17.7. The molecular weight excluding hydrogens is 817 g/mol. The van der Waals surface area contributed by atoms with Crippen LogP contribution in [0.3, 0.4) is 0 Å². The standard InChI is InChI=1S/C43H58F4O12S/c44-42(45,43(46,47)60(52,53)54)1-2-55-37(51)59-24-38(21-56-34(48)39-12-25-3-26(13-39)5-27(4-25)14-39,22-57-35(49)40-15-28-6-29(16-40)8-30(7-28)17-40)23-58-36(50)41-18-31-9-32(19-41)11-33(10-31)20-41/h25-33H,1-24H2,(H,52,53,54)/p-1. The Bertz CT molecular complexity index is 1600. The van der Waals surface area contributed by atoms with E-state index in [1.54, 1.807) is 0 Å². The van der Waals surface area contributed by atoms with Crippen LogP contribution in [0.2, 0.25) is 0 Å². The second-order valence-corrected chi connectivity index (χ2v) is 23.1. The van der Waals surface area contributed by atoms with Crippen LogP contribution in [0.5, 0.6) is 0 Å². The van der Waals surface area contributed by atoms with Crippen LogP contribution >= 0.6 is 0 Å². The van der Waals surface area contributed by atoms with Crippen LogP contribution in [0, 0.1) is 74.9 Å². The lowest BCUT2D eigenvalue weighted by atomic mass is 9.49. The van der Waals surface area contributed by atoms with Gasteiger partial charge in [-0.2, -0.15) is 17.6 Å². The Morgan fingerprint density at radius 3 is 1.02 bits per heavy atom. The zero-order valence-corrected chi connectivity index (χ0v) is 34.8. The van der Waals surface area contributed by atoms with Crippen molar-refractivity contribution >= 4 is 34.2 Å². The van der Waals surface area contributed by atoms with Gasteiger partial charge in [0.05, 0.1) is 22.7 Å². The van der Waals surface area contributed by atoms with Crippen molar-refractivity contribution in [1.82, 2.24) is 0 Å². The Morgan fingerprint density at radius 2 is 0.750 bits per heavy atom. The van der Waals surface area contributed by atoms with E-state index < -0.39 is 106 Å². The van der Waals surface area contributed by atoms with Gasteiger partial charge >= 0.3 is 35.2 Å². The highest BCUT2D eigenvalue weighted by molar-refractivity contribution is 7.86. The van der Waals surface area contributed by atoms with Crippen LogP contribution in [0.25, 0.3) is 0 Å². The fraction of sp³-hybridized carbons (Fsp3) is 0.907. The molecule has 0 unspecified atom stereocenters. The van der Waals surface area contributed by atoms with E-state index in [2.05, 4.69) is 4.74 Å². The third kappa shape index (κ3) is 7.73. The Kier molecular flexibility index (Phi) is 10.6. The minimum absolute atomic E-state index is 0.412. The number of carbonyl (C=O) groups excluding carboxylic acids is 4. The van der Waals surface area contributed by atoms with E-state index in [1.807, 2.05) is 0 Å². The summed E-state index contributed by atoms with van der Waals surface area (Å²) in [5.41, 5.74) is -3.77. The average Bonchev–Trinajstić information content (AvgIpc) is 3.14. The van der Waals surface area contributed by atoms with Gasteiger partial charge < -0.3 is 28.2 Å². The van der Waals surface area contributed by atoms with E-state index in [1.165, 1.54) is 0 Å². The van der Waals surface area contributed by atoms with Gasteiger partial charge in [-0.25, -0.2) is 13.2 Å². The smallest absolute Gasteiger partial charge is 0.508 e. The van der Waals surface area contributed by atoms with Crippen molar-refractivity contribution in [1.29, 1.82) is 0 Å². The molecule has 17 heteroatoms. The molecule has 12 fully saturated rings. The van der Waals surface area contributed by atoms with Crippen LogP contribution in [0.4, 0.5) is 22.4 Å². The van der Waals surface area contributed by atoms with Gasteiger partial charge in [0.2, 0.25) is 0 Å². The number of ether oxygens (including phenoxy) is 5. The molecule has 0 aromatic carbocycles. The van der Waals surface area contributed by atoms with E-state index in [4.69, 9.17) is 18.9 Å². The van der Waals surface area contributed by atoms with Crippen molar-refractivity contribution in [3.05, 3.63) is 0 Å². The average molecular weight is 874 g/mol. The lowest BCUT2D eigenvalue weighted by Crippen LogP contribution is -2.54. The summed E-state index contributed by atoms with van der Waals surface area (Å²) in [5, 5.41) is -5.97. The molecule has 12 aliphatic carbocycles. The van der Waals surface area contributed by atoms with E-state index >= 15 is 0 Å². The fourth-order valence-electron chi connectivity index (χ4n) is 15.3. The summed E-state index contributed by atoms with van der Waals surface area (Å²) in [5.74, 6) is -2.94. The molecule has 0 aliphatic heterocycles. The predicted octanol–water partition coefficient (Wildman–Crippen LogP) is 7.57. The van der Waals surface area contributed by atoms with Crippen molar-refractivity contribution in [3.63, 3.8) is 0 Å². The highest BCUT2D eigenvalue weighted by Crippen LogP contribution is 2.63. The van der Waals surface area contributed by atoms with Crippen LogP contribution < -0.4 is 0 Å². The summed E-state index contributed by atoms with van der Waals surface area (Å²) in [7, 11) is -6.75. The van der Waals surface area contributed by atoms with Gasteiger partial charge in [0, 0.05) is 0 Å². The molecule has 0 amide bonds. The molecule has 0 radical (unpaired) electrons. The second kappa shape index (κ2) is 15.0.